The van der Waals surface area contributed by atoms with Crippen molar-refractivity contribution in [3.8, 4) is 17.0 Å². The number of hydrogen-bond acceptors (Lipinski definition) is 9. The molecule has 12 heteroatoms. The van der Waals surface area contributed by atoms with Gasteiger partial charge in [-0.1, -0.05) is 12.1 Å². The summed E-state index contributed by atoms with van der Waals surface area (Å²) >= 11 is 0. The van der Waals surface area contributed by atoms with Crippen molar-refractivity contribution in [1.82, 2.24) is 24.9 Å². The second kappa shape index (κ2) is 11.7. The molecule has 1 aromatic carbocycles. The lowest BCUT2D eigenvalue weighted by Gasteiger charge is -2.33. The minimum atomic E-state index is -0.679. The Morgan fingerprint density at radius 1 is 1.00 bits per heavy atom. The minimum Gasteiger partial charge on any atom is -0.467 e. The maximum atomic E-state index is 12.6. The summed E-state index contributed by atoms with van der Waals surface area (Å²) in [4.78, 5) is 26.9. The predicted molar refractivity (Wildman–Crippen MR) is 149 cm³/mol. The largest absolute Gasteiger partial charge is 0.467 e. The van der Waals surface area contributed by atoms with E-state index in [4.69, 9.17) is 24.0 Å². The van der Waals surface area contributed by atoms with Gasteiger partial charge in [-0.15, -0.1) is 10.2 Å². The first-order valence-electron chi connectivity index (χ1n) is 13.3. The summed E-state index contributed by atoms with van der Waals surface area (Å²) in [5.74, 6) is 0.851. The third-order valence-corrected chi connectivity index (χ3v) is 6.03. The molecule has 12 nitrogen and oxygen atoms in total. The fraction of sp³-hybridized carbons (Fsp3) is 0.536. The van der Waals surface area contributed by atoms with Crippen molar-refractivity contribution in [2.45, 2.75) is 71.6 Å². The molecule has 1 aliphatic heterocycles. The average Bonchev–Trinajstić information content (AvgIpc) is 3.23. The Morgan fingerprint density at radius 2 is 1.68 bits per heavy atom. The summed E-state index contributed by atoms with van der Waals surface area (Å²) < 4.78 is 23.6. The summed E-state index contributed by atoms with van der Waals surface area (Å²) in [7, 11) is 1.56. The van der Waals surface area contributed by atoms with Crippen LogP contribution in [0.25, 0.3) is 22.3 Å². The van der Waals surface area contributed by atoms with Gasteiger partial charge < -0.3 is 23.8 Å². The number of likely N-dealkylation sites (tertiary alicyclic amines) is 1. The molecule has 216 valence electrons. The molecule has 3 aromatic rings. The molecular formula is C28H38N6O6. The normalized spacial score (nSPS) is 14.7. The molecule has 40 heavy (non-hydrogen) atoms. The van der Waals surface area contributed by atoms with Crippen LogP contribution in [0.15, 0.2) is 30.3 Å². The Hall–Kier alpha value is -3.93. The smallest absolute Gasteiger partial charge is 0.413 e. The number of nitrogens with zero attached hydrogens (tertiary/aromatic N) is 5. The number of aromatic nitrogens is 4. The number of carbonyl (C=O) groups is 2. The minimum absolute atomic E-state index is 0.0487. The number of piperidine rings is 1. The molecule has 1 fully saturated rings. The summed E-state index contributed by atoms with van der Waals surface area (Å²) in [5.41, 5.74) is 1.19. The van der Waals surface area contributed by atoms with Gasteiger partial charge in [-0.05, 0) is 72.6 Å². The SMILES string of the molecule is COCOc1ccccc1-c1cc2c(nn1)c(NC(=O)OC(C)(C)C)nn2C1CCN(C(=O)OC(C)(C)C)CC1. The van der Waals surface area contributed by atoms with Crippen molar-refractivity contribution in [2.75, 3.05) is 32.3 Å². The highest BCUT2D eigenvalue weighted by Crippen LogP contribution is 2.34. The topological polar surface area (TPSA) is 130 Å². The van der Waals surface area contributed by atoms with Gasteiger partial charge in [0.2, 0.25) is 0 Å². The Labute approximate surface area is 233 Å². The molecule has 2 amide bonds. The van der Waals surface area contributed by atoms with Gasteiger partial charge in [-0.2, -0.15) is 5.10 Å². The van der Waals surface area contributed by atoms with E-state index in [0.29, 0.717) is 48.4 Å². The Balaban J connectivity index is 1.68. The van der Waals surface area contributed by atoms with E-state index in [1.165, 1.54) is 0 Å². The van der Waals surface area contributed by atoms with Crippen LogP contribution in [0.1, 0.15) is 60.4 Å². The maximum absolute atomic E-state index is 12.6. The first-order chi connectivity index (χ1) is 18.8. The summed E-state index contributed by atoms with van der Waals surface area (Å²) in [5, 5.41) is 16.3. The standard InChI is InChI=1S/C28H38N6O6/c1-27(2,3)39-25(35)29-24-23-21(16-20(30-31-23)19-10-8-9-11-22(19)38-17-37-7)34(32-24)18-12-14-33(15-13-18)26(36)40-28(4,5)6/h8-11,16,18H,12-15,17H2,1-7H3,(H,29,32,35). The molecular weight excluding hydrogens is 516 g/mol. The summed E-state index contributed by atoms with van der Waals surface area (Å²) in [6.45, 7) is 12.0. The summed E-state index contributed by atoms with van der Waals surface area (Å²) in [6.07, 6.45) is 0.326. The Bertz CT molecular complexity index is 1350. The van der Waals surface area contributed by atoms with Crippen LogP contribution in [-0.4, -0.2) is 75.3 Å². The van der Waals surface area contributed by atoms with Crippen LogP contribution in [0.5, 0.6) is 5.75 Å². The number of anilines is 1. The van der Waals surface area contributed by atoms with Gasteiger partial charge in [0.05, 0.1) is 17.3 Å². The van der Waals surface area contributed by atoms with Gasteiger partial charge in [0.15, 0.2) is 18.1 Å². The number of rotatable bonds is 6. The predicted octanol–water partition coefficient (Wildman–Crippen LogP) is 5.40. The van der Waals surface area contributed by atoms with Gasteiger partial charge in [0, 0.05) is 25.8 Å². The van der Waals surface area contributed by atoms with Crippen LogP contribution in [0.4, 0.5) is 15.4 Å². The highest BCUT2D eigenvalue weighted by Gasteiger charge is 2.30. The molecule has 3 heterocycles. The maximum Gasteiger partial charge on any atom is 0.413 e. The van der Waals surface area contributed by atoms with Crippen LogP contribution in [0, 0.1) is 0 Å². The first kappa shape index (κ1) is 29.1. The van der Waals surface area contributed by atoms with Crippen molar-refractivity contribution < 1.29 is 28.5 Å². The van der Waals surface area contributed by atoms with Crippen molar-refractivity contribution in [1.29, 1.82) is 0 Å². The van der Waals surface area contributed by atoms with E-state index < -0.39 is 17.3 Å². The van der Waals surface area contributed by atoms with Crippen molar-refractivity contribution >= 4 is 29.0 Å². The van der Waals surface area contributed by atoms with Crippen LogP contribution < -0.4 is 10.1 Å². The highest BCUT2D eigenvalue weighted by molar-refractivity contribution is 5.96. The van der Waals surface area contributed by atoms with E-state index in [0.717, 1.165) is 5.56 Å². The number of nitrogens with one attached hydrogen (secondary N) is 1. The van der Waals surface area contributed by atoms with Crippen molar-refractivity contribution in [2.24, 2.45) is 0 Å². The number of ether oxygens (including phenoxy) is 4. The molecule has 4 rings (SSSR count). The van der Waals surface area contributed by atoms with E-state index in [1.54, 1.807) is 32.8 Å². The Morgan fingerprint density at radius 3 is 2.33 bits per heavy atom. The lowest BCUT2D eigenvalue weighted by molar-refractivity contribution is 0.0186. The molecule has 0 radical (unpaired) electrons. The van der Waals surface area contributed by atoms with Crippen molar-refractivity contribution in [3.05, 3.63) is 30.3 Å². The van der Waals surface area contributed by atoms with Gasteiger partial charge in [-0.3, -0.25) is 10.00 Å². The number of carbonyl (C=O) groups excluding carboxylic acids is 2. The number of benzene rings is 1. The fourth-order valence-electron chi connectivity index (χ4n) is 4.37. The second-order valence-electron chi connectivity index (χ2n) is 11.6. The van der Waals surface area contributed by atoms with E-state index in [-0.39, 0.29) is 24.7 Å². The number of amides is 2. The van der Waals surface area contributed by atoms with Gasteiger partial charge in [0.1, 0.15) is 17.0 Å². The quantitative estimate of drug-likeness (QED) is 0.398. The van der Waals surface area contributed by atoms with Crippen molar-refractivity contribution in [3.63, 3.8) is 0 Å². The first-order valence-corrected chi connectivity index (χ1v) is 13.3. The zero-order valence-corrected chi connectivity index (χ0v) is 24.2. The number of methoxy groups -OCH3 is 1. The lowest BCUT2D eigenvalue weighted by atomic mass is 10.1. The van der Waals surface area contributed by atoms with Gasteiger partial charge >= 0.3 is 12.2 Å². The second-order valence-corrected chi connectivity index (χ2v) is 11.6. The number of fused-ring (bicyclic) bond motifs is 1. The summed E-state index contributed by atoms with van der Waals surface area (Å²) in [6, 6.07) is 9.31. The molecule has 0 spiro atoms. The highest BCUT2D eigenvalue weighted by atomic mass is 16.7. The molecule has 1 aliphatic rings. The molecule has 0 unspecified atom stereocenters. The number of para-hydroxylation sites is 1. The average molecular weight is 555 g/mol. The van der Waals surface area contributed by atoms with Gasteiger partial charge in [-0.25, -0.2) is 9.59 Å². The van der Waals surface area contributed by atoms with Gasteiger partial charge in [0.25, 0.3) is 0 Å². The molecule has 2 aromatic heterocycles. The van der Waals surface area contributed by atoms with Crippen LogP contribution in [0.2, 0.25) is 0 Å². The molecule has 0 saturated carbocycles. The third kappa shape index (κ3) is 7.17. The fourth-order valence-corrected chi connectivity index (χ4v) is 4.37. The molecule has 0 aliphatic carbocycles. The van der Waals surface area contributed by atoms with E-state index >= 15 is 0 Å². The molecule has 1 saturated heterocycles. The lowest BCUT2D eigenvalue weighted by Crippen LogP contribution is -2.42. The van der Waals surface area contributed by atoms with Crippen LogP contribution in [-0.2, 0) is 14.2 Å². The zero-order valence-electron chi connectivity index (χ0n) is 24.2. The van der Waals surface area contributed by atoms with Crippen LogP contribution >= 0.6 is 0 Å². The van der Waals surface area contributed by atoms with E-state index in [9.17, 15) is 9.59 Å². The monoisotopic (exact) mass is 554 g/mol. The molecule has 1 N–H and O–H groups in total. The molecule has 0 atom stereocenters. The molecule has 0 bridgehead atoms. The van der Waals surface area contributed by atoms with Crippen LogP contribution in [0.3, 0.4) is 0 Å². The van der Waals surface area contributed by atoms with E-state index in [2.05, 4.69) is 15.5 Å². The van der Waals surface area contributed by atoms with E-state index in [1.807, 2.05) is 55.8 Å². The third-order valence-electron chi connectivity index (χ3n) is 6.03. The zero-order chi connectivity index (χ0) is 29.1. The number of hydrogen-bond donors (Lipinski definition) is 1. The Kier molecular flexibility index (Phi) is 8.48.